The molecular formula is C15H16O2S. The van der Waals surface area contributed by atoms with Gasteiger partial charge in [0.25, 0.3) is 0 Å². The van der Waals surface area contributed by atoms with Crippen LogP contribution in [-0.4, -0.2) is 5.11 Å². The summed E-state index contributed by atoms with van der Waals surface area (Å²) in [6.07, 6.45) is 0.510. The molecule has 0 saturated heterocycles. The number of ether oxygens (including phenoxy) is 1. The van der Waals surface area contributed by atoms with Gasteiger partial charge in [-0.05, 0) is 35.2 Å². The standard InChI is InChI=1S/C15H16O2S/c1-2-13-5-6-14(18-13)15(16)10-3-4-11-8-17-9-12(11)7-10/h3-7,15-16H,2,8-9H2,1H3. The van der Waals surface area contributed by atoms with E-state index in [-0.39, 0.29) is 0 Å². The highest BCUT2D eigenvalue weighted by Gasteiger charge is 2.17. The van der Waals surface area contributed by atoms with Crippen LogP contribution in [-0.2, 0) is 24.4 Å². The van der Waals surface area contributed by atoms with Gasteiger partial charge in [0.2, 0.25) is 0 Å². The Morgan fingerprint density at radius 3 is 2.83 bits per heavy atom. The van der Waals surface area contributed by atoms with Crippen molar-refractivity contribution in [2.45, 2.75) is 32.7 Å². The number of thiophene rings is 1. The number of aryl methyl sites for hydroxylation is 1. The summed E-state index contributed by atoms with van der Waals surface area (Å²) in [5, 5.41) is 10.4. The quantitative estimate of drug-likeness (QED) is 0.916. The molecule has 18 heavy (non-hydrogen) atoms. The average molecular weight is 260 g/mol. The second-order valence-electron chi connectivity index (χ2n) is 4.58. The molecule has 0 aliphatic carbocycles. The van der Waals surface area contributed by atoms with Crippen molar-refractivity contribution in [3.05, 3.63) is 56.8 Å². The molecule has 94 valence electrons. The molecule has 1 N–H and O–H groups in total. The molecule has 1 atom stereocenters. The largest absolute Gasteiger partial charge is 0.383 e. The van der Waals surface area contributed by atoms with Gasteiger partial charge in [-0.2, -0.15) is 0 Å². The van der Waals surface area contributed by atoms with Gasteiger partial charge in [0.15, 0.2) is 0 Å². The molecule has 2 heterocycles. The first kappa shape index (κ1) is 11.9. The maximum absolute atomic E-state index is 10.4. The van der Waals surface area contributed by atoms with E-state index in [1.54, 1.807) is 11.3 Å². The third kappa shape index (κ3) is 2.09. The van der Waals surface area contributed by atoms with E-state index in [4.69, 9.17) is 4.74 Å². The molecule has 1 aliphatic heterocycles. The number of aliphatic hydroxyl groups excluding tert-OH is 1. The van der Waals surface area contributed by atoms with Crippen molar-refractivity contribution in [3.8, 4) is 0 Å². The lowest BCUT2D eigenvalue weighted by Crippen LogP contribution is -1.98. The number of fused-ring (bicyclic) bond motifs is 1. The van der Waals surface area contributed by atoms with Crippen LogP contribution in [0.4, 0.5) is 0 Å². The molecule has 1 unspecified atom stereocenters. The molecule has 2 aromatic rings. The Labute approximate surface area is 111 Å². The minimum atomic E-state index is -0.513. The van der Waals surface area contributed by atoms with Crippen LogP contribution < -0.4 is 0 Å². The van der Waals surface area contributed by atoms with Crippen LogP contribution in [0.5, 0.6) is 0 Å². The Morgan fingerprint density at radius 2 is 2.06 bits per heavy atom. The predicted molar refractivity (Wildman–Crippen MR) is 72.7 cm³/mol. The molecule has 0 bridgehead atoms. The molecule has 3 rings (SSSR count). The zero-order valence-electron chi connectivity index (χ0n) is 10.3. The van der Waals surface area contributed by atoms with Crippen molar-refractivity contribution in [2.75, 3.05) is 0 Å². The summed E-state index contributed by atoms with van der Waals surface area (Å²) in [6.45, 7) is 3.50. The van der Waals surface area contributed by atoms with Crippen LogP contribution in [0.25, 0.3) is 0 Å². The SMILES string of the molecule is CCc1ccc(C(O)c2ccc3c(c2)COC3)s1. The summed E-state index contributed by atoms with van der Waals surface area (Å²) in [5.41, 5.74) is 3.41. The number of aliphatic hydroxyl groups is 1. The summed E-state index contributed by atoms with van der Waals surface area (Å²) in [7, 11) is 0. The summed E-state index contributed by atoms with van der Waals surface area (Å²) in [4.78, 5) is 2.33. The van der Waals surface area contributed by atoms with E-state index in [0.29, 0.717) is 13.2 Å². The van der Waals surface area contributed by atoms with E-state index in [0.717, 1.165) is 16.9 Å². The van der Waals surface area contributed by atoms with Crippen LogP contribution in [0.1, 0.15) is 39.5 Å². The van der Waals surface area contributed by atoms with Gasteiger partial charge in [0.05, 0.1) is 13.2 Å². The summed E-state index contributed by atoms with van der Waals surface area (Å²) in [6, 6.07) is 10.3. The minimum Gasteiger partial charge on any atom is -0.383 e. The zero-order chi connectivity index (χ0) is 12.5. The van der Waals surface area contributed by atoms with Gasteiger partial charge in [-0.3, -0.25) is 0 Å². The number of hydrogen-bond acceptors (Lipinski definition) is 3. The molecule has 2 nitrogen and oxygen atoms in total. The van der Waals surface area contributed by atoms with Crippen molar-refractivity contribution >= 4 is 11.3 Å². The third-order valence-electron chi connectivity index (χ3n) is 3.36. The number of benzene rings is 1. The van der Waals surface area contributed by atoms with E-state index in [2.05, 4.69) is 25.1 Å². The zero-order valence-corrected chi connectivity index (χ0v) is 11.2. The highest BCUT2D eigenvalue weighted by molar-refractivity contribution is 7.12. The van der Waals surface area contributed by atoms with Crippen molar-refractivity contribution < 1.29 is 9.84 Å². The summed E-state index contributed by atoms with van der Waals surface area (Å²) < 4.78 is 5.40. The molecule has 1 aromatic heterocycles. The fourth-order valence-corrected chi connectivity index (χ4v) is 3.22. The lowest BCUT2D eigenvalue weighted by atomic mass is 10.0. The lowest BCUT2D eigenvalue weighted by Gasteiger charge is -2.10. The molecule has 0 spiro atoms. The average Bonchev–Trinajstić information content (AvgIpc) is 3.05. The predicted octanol–water partition coefficient (Wildman–Crippen LogP) is 3.42. The Kier molecular flexibility index (Phi) is 3.20. The number of hydrogen-bond donors (Lipinski definition) is 1. The Bertz CT molecular complexity index is 559. The summed E-state index contributed by atoms with van der Waals surface area (Å²) >= 11 is 1.69. The smallest absolute Gasteiger partial charge is 0.113 e. The Balaban J connectivity index is 1.89. The first-order valence-corrected chi connectivity index (χ1v) is 7.05. The van der Waals surface area contributed by atoms with E-state index in [1.165, 1.54) is 16.0 Å². The second kappa shape index (κ2) is 4.84. The fraction of sp³-hybridized carbons (Fsp3) is 0.333. The van der Waals surface area contributed by atoms with Crippen molar-refractivity contribution in [2.24, 2.45) is 0 Å². The second-order valence-corrected chi connectivity index (χ2v) is 5.78. The molecule has 1 aliphatic rings. The van der Waals surface area contributed by atoms with Gasteiger partial charge in [-0.25, -0.2) is 0 Å². The van der Waals surface area contributed by atoms with Crippen LogP contribution in [0.3, 0.4) is 0 Å². The van der Waals surface area contributed by atoms with Crippen molar-refractivity contribution in [3.63, 3.8) is 0 Å². The topological polar surface area (TPSA) is 29.5 Å². The molecule has 0 amide bonds. The van der Waals surface area contributed by atoms with E-state index >= 15 is 0 Å². The van der Waals surface area contributed by atoms with Crippen LogP contribution >= 0.6 is 11.3 Å². The van der Waals surface area contributed by atoms with E-state index in [1.807, 2.05) is 12.1 Å². The molecule has 0 radical (unpaired) electrons. The number of rotatable bonds is 3. The van der Waals surface area contributed by atoms with Gasteiger partial charge in [-0.15, -0.1) is 11.3 Å². The van der Waals surface area contributed by atoms with Crippen LogP contribution in [0.2, 0.25) is 0 Å². The van der Waals surface area contributed by atoms with E-state index < -0.39 is 6.10 Å². The van der Waals surface area contributed by atoms with Crippen molar-refractivity contribution in [1.29, 1.82) is 0 Å². The van der Waals surface area contributed by atoms with Crippen LogP contribution in [0, 0.1) is 0 Å². The van der Waals surface area contributed by atoms with Crippen LogP contribution in [0.15, 0.2) is 30.3 Å². The highest BCUT2D eigenvalue weighted by atomic mass is 32.1. The maximum Gasteiger partial charge on any atom is 0.113 e. The molecule has 3 heteroatoms. The fourth-order valence-electron chi connectivity index (χ4n) is 2.26. The normalized spacial score (nSPS) is 15.7. The Morgan fingerprint density at radius 1 is 1.22 bits per heavy atom. The first-order valence-electron chi connectivity index (χ1n) is 6.24. The molecule has 0 fully saturated rings. The molecular weight excluding hydrogens is 244 g/mol. The van der Waals surface area contributed by atoms with Gasteiger partial charge in [-0.1, -0.05) is 25.1 Å². The maximum atomic E-state index is 10.4. The van der Waals surface area contributed by atoms with Gasteiger partial charge in [0, 0.05) is 9.75 Å². The third-order valence-corrected chi connectivity index (χ3v) is 4.64. The first-order chi connectivity index (χ1) is 8.78. The van der Waals surface area contributed by atoms with Gasteiger partial charge in [0.1, 0.15) is 6.10 Å². The monoisotopic (exact) mass is 260 g/mol. The van der Waals surface area contributed by atoms with E-state index in [9.17, 15) is 5.11 Å². The molecule has 1 aromatic carbocycles. The van der Waals surface area contributed by atoms with Crippen molar-refractivity contribution in [1.82, 2.24) is 0 Å². The van der Waals surface area contributed by atoms with Gasteiger partial charge >= 0.3 is 0 Å². The minimum absolute atomic E-state index is 0.513. The summed E-state index contributed by atoms with van der Waals surface area (Å²) in [5.74, 6) is 0. The molecule has 0 saturated carbocycles. The van der Waals surface area contributed by atoms with Gasteiger partial charge < -0.3 is 9.84 Å². The Hall–Kier alpha value is -1.16. The lowest BCUT2D eigenvalue weighted by molar-refractivity contribution is 0.134. The highest BCUT2D eigenvalue weighted by Crippen LogP contribution is 2.31.